The molecule has 0 aromatic rings. The molecule has 0 atom stereocenters. The van der Waals surface area contributed by atoms with E-state index in [1.807, 2.05) is 0 Å². The minimum absolute atomic E-state index is 0.276. The summed E-state index contributed by atoms with van der Waals surface area (Å²) in [7, 11) is 0. The van der Waals surface area contributed by atoms with Crippen LogP contribution in [0.15, 0.2) is 0 Å². The van der Waals surface area contributed by atoms with E-state index in [1.165, 1.54) is 0 Å². The van der Waals surface area contributed by atoms with Crippen molar-refractivity contribution in [2.24, 2.45) is 0 Å². The van der Waals surface area contributed by atoms with Crippen LogP contribution in [0.1, 0.15) is 0 Å². The Kier molecular flexibility index (Phi) is 11.6. The van der Waals surface area contributed by atoms with E-state index in [9.17, 15) is 14.4 Å². The van der Waals surface area contributed by atoms with Crippen LogP contribution in [0.3, 0.4) is 0 Å². The first-order valence-corrected chi connectivity index (χ1v) is 7.68. The number of hydrogen-bond donors (Lipinski definition) is 2. The van der Waals surface area contributed by atoms with Crippen molar-refractivity contribution in [1.82, 2.24) is 10.6 Å². The molecule has 0 radical (unpaired) electrons. The van der Waals surface area contributed by atoms with Gasteiger partial charge in [0, 0.05) is 13.1 Å². The molecule has 10 heteroatoms. The largest absolute Gasteiger partial charge is 0.454 e. The molecule has 0 saturated carbocycles. The Morgan fingerprint density at radius 2 is 1.08 bits per heavy atom. The molecule has 1 rings (SSSR count). The Morgan fingerprint density at radius 1 is 0.583 bits per heavy atom. The predicted octanol–water partition coefficient (Wildman–Crippen LogP) is -2.16. The molecule has 0 aromatic carbocycles. The van der Waals surface area contributed by atoms with Crippen molar-refractivity contribution >= 4 is 17.8 Å². The summed E-state index contributed by atoms with van der Waals surface area (Å²) < 4.78 is 25.4. The normalized spacial score (nSPS) is 21.8. The molecule has 1 heterocycles. The summed E-state index contributed by atoms with van der Waals surface area (Å²) >= 11 is 0. The van der Waals surface area contributed by atoms with Crippen molar-refractivity contribution in [3.05, 3.63) is 0 Å². The molecule has 10 nitrogen and oxygen atoms in total. The van der Waals surface area contributed by atoms with E-state index < -0.39 is 25.1 Å². The molecule has 1 aliphatic heterocycles. The smallest absolute Gasteiger partial charge is 0.332 e. The van der Waals surface area contributed by atoms with Gasteiger partial charge in [0.1, 0.15) is 13.2 Å². The molecule has 1 saturated heterocycles. The molecular formula is C14H24N2O8. The topological polar surface area (TPSA) is 121 Å². The molecule has 2 N–H and O–H groups in total. The molecule has 138 valence electrons. The zero-order valence-electron chi connectivity index (χ0n) is 13.5. The number of amides is 2. The maximum atomic E-state index is 11.4. The third-order valence-corrected chi connectivity index (χ3v) is 2.70. The van der Waals surface area contributed by atoms with Gasteiger partial charge in [-0.05, 0) is 0 Å². The Labute approximate surface area is 140 Å². The van der Waals surface area contributed by atoms with Crippen LogP contribution in [-0.4, -0.2) is 90.3 Å². The molecular weight excluding hydrogens is 324 g/mol. The van der Waals surface area contributed by atoms with Crippen LogP contribution in [0.4, 0.5) is 0 Å². The molecule has 0 aliphatic carbocycles. The lowest BCUT2D eigenvalue weighted by atomic mass is 10.5. The third-order valence-electron chi connectivity index (χ3n) is 2.70. The van der Waals surface area contributed by atoms with Crippen molar-refractivity contribution in [3.8, 4) is 0 Å². The van der Waals surface area contributed by atoms with E-state index in [0.29, 0.717) is 52.7 Å². The lowest BCUT2D eigenvalue weighted by molar-refractivity contribution is -0.153. The van der Waals surface area contributed by atoms with Gasteiger partial charge in [-0.25, -0.2) is 4.79 Å². The van der Waals surface area contributed by atoms with Gasteiger partial charge in [0.25, 0.3) is 5.91 Å². The maximum Gasteiger partial charge on any atom is 0.332 e. The second-order valence-corrected chi connectivity index (χ2v) is 4.69. The van der Waals surface area contributed by atoms with Crippen LogP contribution < -0.4 is 10.6 Å². The molecule has 0 bridgehead atoms. The Bertz CT molecular complexity index is 391. The summed E-state index contributed by atoms with van der Waals surface area (Å²) in [6, 6.07) is 0. The van der Waals surface area contributed by atoms with Gasteiger partial charge in [-0.1, -0.05) is 0 Å². The van der Waals surface area contributed by atoms with Gasteiger partial charge >= 0.3 is 5.97 Å². The van der Waals surface area contributed by atoms with E-state index in [0.717, 1.165) is 0 Å². The highest BCUT2D eigenvalue weighted by atomic mass is 16.6. The summed E-state index contributed by atoms with van der Waals surface area (Å²) in [5.41, 5.74) is 0. The highest BCUT2D eigenvalue weighted by Crippen LogP contribution is 1.85. The quantitative estimate of drug-likeness (QED) is 0.475. The van der Waals surface area contributed by atoms with Crippen LogP contribution in [0, 0.1) is 0 Å². The zero-order chi connectivity index (χ0) is 17.5. The Morgan fingerprint density at radius 3 is 1.67 bits per heavy atom. The fraction of sp³-hybridized carbons (Fsp3) is 0.786. The number of carbonyl (C=O) groups is 3. The number of cyclic esters (lactones) is 1. The number of nitrogens with one attached hydrogen (secondary N) is 2. The lowest BCUT2D eigenvalue weighted by Crippen LogP contribution is -2.33. The van der Waals surface area contributed by atoms with E-state index in [2.05, 4.69) is 10.6 Å². The van der Waals surface area contributed by atoms with Gasteiger partial charge in [-0.2, -0.15) is 0 Å². The second kappa shape index (κ2) is 13.7. The van der Waals surface area contributed by atoms with Crippen molar-refractivity contribution in [3.63, 3.8) is 0 Å². The summed E-state index contributed by atoms with van der Waals surface area (Å²) in [5, 5.41) is 5.10. The summed E-state index contributed by atoms with van der Waals surface area (Å²) in [6.07, 6.45) is 0. The minimum Gasteiger partial charge on any atom is -0.454 e. The number of ether oxygens (including phenoxy) is 5. The molecule has 0 unspecified atom stereocenters. The van der Waals surface area contributed by atoms with E-state index in [1.54, 1.807) is 0 Å². The molecule has 24 heavy (non-hydrogen) atoms. The van der Waals surface area contributed by atoms with E-state index in [-0.39, 0.29) is 12.5 Å². The van der Waals surface area contributed by atoms with Crippen LogP contribution >= 0.6 is 0 Å². The molecule has 1 aliphatic rings. The van der Waals surface area contributed by atoms with Gasteiger partial charge in [-0.15, -0.1) is 0 Å². The molecule has 2 amide bonds. The Balaban J connectivity index is 2.27. The summed E-state index contributed by atoms with van der Waals surface area (Å²) in [6.45, 7) is 1.88. The van der Waals surface area contributed by atoms with Crippen molar-refractivity contribution in [2.45, 2.75) is 0 Å². The van der Waals surface area contributed by atoms with E-state index in [4.69, 9.17) is 23.7 Å². The van der Waals surface area contributed by atoms with E-state index >= 15 is 0 Å². The number of esters is 1. The van der Waals surface area contributed by atoms with Gasteiger partial charge in [0.05, 0.1) is 39.6 Å². The second-order valence-electron chi connectivity index (χ2n) is 4.69. The van der Waals surface area contributed by atoms with Gasteiger partial charge < -0.3 is 34.3 Å². The molecule has 1 fully saturated rings. The first-order chi connectivity index (χ1) is 11.7. The highest BCUT2D eigenvalue weighted by molar-refractivity contribution is 5.81. The van der Waals surface area contributed by atoms with Crippen LogP contribution in [0.25, 0.3) is 0 Å². The highest BCUT2D eigenvalue weighted by Gasteiger charge is 2.09. The zero-order valence-corrected chi connectivity index (χ0v) is 13.5. The van der Waals surface area contributed by atoms with Crippen molar-refractivity contribution in [1.29, 1.82) is 0 Å². The number of rotatable bonds is 0. The average Bonchev–Trinajstić information content (AvgIpc) is 2.56. The van der Waals surface area contributed by atoms with Gasteiger partial charge in [-0.3, -0.25) is 9.59 Å². The van der Waals surface area contributed by atoms with Crippen LogP contribution in [0.2, 0.25) is 0 Å². The molecule has 0 aromatic heterocycles. The Hall–Kier alpha value is -1.75. The predicted molar refractivity (Wildman–Crippen MR) is 80.3 cm³/mol. The standard InChI is InChI=1S/C14H24N2O8/c17-12-9-23-11-14(19)24-10-13(18)16-2-4-21-6-8-22-7-5-20-3-1-15-12/h1-11H2,(H,15,17)(H,16,18). The van der Waals surface area contributed by atoms with Crippen molar-refractivity contribution < 1.29 is 38.1 Å². The monoisotopic (exact) mass is 348 g/mol. The lowest BCUT2D eigenvalue weighted by Gasteiger charge is -2.08. The van der Waals surface area contributed by atoms with Gasteiger partial charge in [0.2, 0.25) is 5.91 Å². The van der Waals surface area contributed by atoms with Crippen LogP contribution in [-0.2, 0) is 38.1 Å². The average molecular weight is 348 g/mol. The number of hydrogen-bond acceptors (Lipinski definition) is 8. The first kappa shape index (κ1) is 20.3. The van der Waals surface area contributed by atoms with Crippen LogP contribution in [0.5, 0.6) is 0 Å². The fourth-order valence-corrected chi connectivity index (χ4v) is 1.58. The molecule has 0 spiro atoms. The number of carbonyl (C=O) groups excluding carboxylic acids is 3. The summed E-state index contributed by atoms with van der Waals surface area (Å²) in [5.74, 6) is -1.53. The van der Waals surface area contributed by atoms with Crippen molar-refractivity contribution in [2.75, 3.05) is 72.6 Å². The SMILES string of the molecule is O=C1COCC(=O)OCC(=O)NCCOCCOCCOCCN1. The summed E-state index contributed by atoms with van der Waals surface area (Å²) in [4.78, 5) is 34.2. The minimum atomic E-state index is -0.722. The third kappa shape index (κ3) is 11.8. The maximum absolute atomic E-state index is 11.4. The fourth-order valence-electron chi connectivity index (χ4n) is 1.58. The first-order valence-electron chi connectivity index (χ1n) is 7.68. The van der Waals surface area contributed by atoms with Gasteiger partial charge in [0.15, 0.2) is 6.61 Å².